The van der Waals surface area contributed by atoms with Gasteiger partial charge in [-0.15, -0.1) is 11.8 Å². The number of piperidine rings is 1. The summed E-state index contributed by atoms with van der Waals surface area (Å²) in [6, 6.07) is 14.3. The molecule has 1 amide bonds. The lowest BCUT2D eigenvalue weighted by atomic mass is 10.1. The van der Waals surface area contributed by atoms with Crippen LogP contribution in [0.25, 0.3) is 0 Å². The number of nitrogens with zero attached hydrogens (tertiary/aromatic N) is 1. The van der Waals surface area contributed by atoms with Crippen LogP contribution in [0.15, 0.2) is 58.3 Å². The molecule has 0 radical (unpaired) electrons. The molecule has 1 saturated heterocycles. The highest BCUT2D eigenvalue weighted by Gasteiger charge is 2.25. The van der Waals surface area contributed by atoms with Crippen molar-refractivity contribution in [3.05, 3.63) is 54.1 Å². The minimum Gasteiger partial charge on any atom is -0.326 e. The van der Waals surface area contributed by atoms with Gasteiger partial charge in [0.1, 0.15) is 0 Å². The minimum absolute atomic E-state index is 0.125. The molecule has 1 aliphatic heterocycles. The Kier molecular flexibility index (Phi) is 6.57. The number of amides is 1. The van der Waals surface area contributed by atoms with Gasteiger partial charge in [-0.2, -0.15) is 4.31 Å². The Morgan fingerprint density at radius 1 is 1.07 bits per heavy atom. The first-order valence-electron chi connectivity index (χ1n) is 9.02. The molecule has 144 valence electrons. The van der Waals surface area contributed by atoms with E-state index in [0.29, 0.717) is 18.0 Å². The third-order valence-electron chi connectivity index (χ3n) is 4.59. The number of nitrogens with one attached hydrogen (secondary N) is 1. The molecular weight excluding hydrogens is 380 g/mol. The summed E-state index contributed by atoms with van der Waals surface area (Å²) in [6.45, 7) is 1.17. The largest absolute Gasteiger partial charge is 0.326 e. The number of rotatable bonds is 6. The minimum atomic E-state index is -3.43. The maximum Gasteiger partial charge on any atom is 0.243 e. The monoisotopic (exact) mass is 404 g/mol. The molecule has 0 aliphatic carbocycles. The summed E-state index contributed by atoms with van der Waals surface area (Å²) in [5.74, 6) is -0.125. The van der Waals surface area contributed by atoms with Gasteiger partial charge in [-0.25, -0.2) is 8.42 Å². The van der Waals surface area contributed by atoms with Crippen molar-refractivity contribution in [1.29, 1.82) is 0 Å². The summed E-state index contributed by atoms with van der Waals surface area (Å²) >= 11 is 1.62. The molecule has 3 rings (SSSR count). The van der Waals surface area contributed by atoms with Gasteiger partial charge in [0.2, 0.25) is 15.9 Å². The van der Waals surface area contributed by atoms with Crippen molar-refractivity contribution in [1.82, 2.24) is 4.31 Å². The second kappa shape index (κ2) is 8.91. The van der Waals surface area contributed by atoms with Crippen LogP contribution in [-0.4, -0.2) is 38.0 Å². The highest BCUT2D eigenvalue weighted by Crippen LogP contribution is 2.22. The average Bonchev–Trinajstić information content (AvgIpc) is 2.69. The fourth-order valence-electron chi connectivity index (χ4n) is 3.12. The first-order chi connectivity index (χ1) is 13.0. The third-order valence-corrected chi connectivity index (χ3v) is 7.23. The highest BCUT2D eigenvalue weighted by molar-refractivity contribution is 7.98. The standard InChI is InChI=1S/C20H24N2O3S2/c1-26-18-7-5-6-17(15-18)21-20(23)14-16-8-10-19(11-9-16)27(24,25)22-12-3-2-4-13-22/h5-11,15H,2-4,12-14H2,1H3,(H,21,23). The molecule has 0 spiro atoms. The van der Waals surface area contributed by atoms with E-state index in [9.17, 15) is 13.2 Å². The third kappa shape index (κ3) is 5.12. The predicted molar refractivity (Wildman–Crippen MR) is 110 cm³/mol. The van der Waals surface area contributed by atoms with Gasteiger partial charge in [0.15, 0.2) is 0 Å². The van der Waals surface area contributed by atoms with Gasteiger partial charge in [-0.3, -0.25) is 4.79 Å². The molecule has 0 unspecified atom stereocenters. The number of benzene rings is 2. The van der Waals surface area contributed by atoms with Crippen molar-refractivity contribution in [2.75, 3.05) is 24.7 Å². The van der Waals surface area contributed by atoms with Gasteiger partial charge in [-0.05, 0) is 55.0 Å². The van der Waals surface area contributed by atoms with Crippen molar-refractivity contribution in [2.45, 2.75) is 35.5 Å². The zero-order valence-electron chi connectivity index (χ0n) is 15.3. The molecule has 7 heteroatoms. The number of carbonyl (C=O) groups is 1. The zero-order valence-corrected chi connectivity index (χ0v) is 17.0. The Bertz CT molecular complexity index is 890. The lowest BCUT2D eigenvalue weighted by Crippen LogP contribution is -2.35. The number of hydrogen-bond acceptors (Lipinski definition) is 4. The fraction of sp³-hybridized carbons (Fsp3) is 0.350. The summed E-state index contributed by atoms with van der Waals surface area (Å²) in [5, 5.41) is 2.88. The molecule has 27 heavy (non-hydrogen) atoms. The average molecular weight is 405 g/mol. The number of thioether (sulfide) groups is 1. The molecular formula is C20H24N2O3S2. The predicted octanol–water partition coefficient (Wildman–Crippen LogP) is 3.76. The van der Waals surface area contributed by atoms with Crippen LogP contribution < -0.4 is 5.32 Å². The fourth-order valence-corrected chi connectivity index (χ4v) is 5.10. The summed E-state index contributed by atoms with van der Waals surface area (Å²) in [7, 11) is -3.43. The van der Waals surface area contributed by atoms with E-state index in [4.69, 9.17) is 0 Å². The number of sulfonamides is 1. The van der Waals surface area contributed by atoms with Crippen LogP contribution in [0.4, 0.5) is 5.69 Å². The van der Waals surface area contributed by atoms with E-state index < -0.39 is 10.0 Å². The zero-order chi connectivity index (χ0) is 19.3. The van der Waals surface area contributed by atoms with Crippen molar-refractivity contribution in [2.24, 2.45) is 0 Å². The van der Waals surface area contributed by atoms with Crippen LogP contribution in [0, 0.1) is 0 Å². The van der Waals surface area contributed by atoms with Gasteiger partial charge in [0.25, 0.3) is 0 Å². The van der Waals surface area contributed by atoms with Crippen molar-refractivity contribution < 1.29 is 13.2 Å². The second-order valence-corrected chi connectivity index (χ2v) is 9.38. The quantitative estimate of drug-likeness (QED) is 0.745. The first kappa shape index (κ1) is 19.9. The molecule has 5 nitrogen and oxygen atoms in total. The van der Waals surface area contributed by atoms with Crippen molar-refractivity contribution in [3.8, 4) is 0 Å². The van der Waals surface area contributed by atoms with Gasteiger partial charge in [0.05, 0.1) is 11.3 Å². The molecule has 1 N–H and O–H groups in total. The molecule has 1 fully saturated rings. The van der Waals surface area contributed by atoms with E-state index in [2.05, 4.69) is 5.32 Å². The van der Waals surface area contributed by atoms with Crippen LogP contribution in [0.1, 0.15) is 24.8 Å². The normalized spacial score (nSPS) is 15.4. The SMILES string of the molecule is CSc1cccc(NC(=O)Cc2ccc(S(=O)(=O)N3CCCCC3)cc2)c1. The number of carbonyl (C=O) groups excluding carboxylic acids is 1. The van der Waals surface area contributed by atoms with Gasteiger partial charge < -0.3 is 5.32 Å². The van der Waals surface area contributed by atoms with E-state index >= 15 is 0 Å². The van der Waals surface area contributed by atoms with Crippen LogP contribution in [0.3, 0.4) is 0 Å². The van der Waals surface area contributed by atoms with Crippen LogP contribution in [-0.2, 0) is 21.2 Å². The summed E-state index contributed by atoms with van der Waals surface area (Å²) in [4.78, 5) is 13.6. The molecule has 1 heterocycles. The Hall–Kier alpha value is -1.83. The van der Waals surface area contributed by atoms with Gasteiger partial charge in [-0.1, -0.05) is 24.6 Å². The Balaban J connectivity index is 1.63. The van der Waals surface area contributed by atoms with E-state index in [0.717, 1.165) is 35.4 Å². The molecule has 0 bridgehead atoms. The Morgan fingerprint density at radius 2 is 1.78 bits per heavy atom. The van der Waals surface area contributed by atoms with Crippen molar-refractivity contribution in [3.63, 3.8) is 0 Å². The maximum atomic E-state index is 12.7. The summed E-state index contributed by atoms with van der Waals surface area (Å²) < 4.78 is 26.9. The summed E-state index contributed by atoms with van der Waals surface area (Å²) in [6.07, 6.45) is 5.10. The van der Waals surface area contributed by atoms with E-state index in [1.165, 1.54) is 0 Å². The van der Waals surface area contributed by atoms with Gasteiger partial charge in [0, 0.05) is 23.7 Å². The summed E-state index contributed by atoms with van der Waals surface area (Å²) in [5.41, 5.74) is 1.54. The second-order valence-electron chi connectivity index (χ2n) is 6.57. The molecule has 0 saturated carbocycles. The number of anilines is 1. The Labute approximate surface area is 165 Å². The smallest absolute Gasteiger partial charge is 0.243 e. The molecule has 0 aromatic heterocycles. The van der Waals surface area contributed by atoms with Crippen molar-refractivity contribution >= 4 is 33.4 Å². The lowest BCUT2D eigenvalue weighted by Gasteiger charge is -2.25. The highest BCUT2D eigenvalue weighted by atomic mass is 32.2. The van der Waals surface area contributed by atoms with E-state index in [1.807, 2.05) is 30.5 Å². The Morgan fingerprint density at radius 3 is 2.44 bits per heavy atom. The van der Waals surface area contributed by atoms with E-state index in [1.54, 1.807) is 40.3 Å². The van der Waals surface area contributed by atoms with Crippen LogP contribution >= 0.6 is 11.8 Å². The lowest BCUT2D eigenvalue weighted by molar-refractivity contribution is -0.115. The molecule has 1 aliphatic rings. The number of hydrogen-bond donors (Lipinski definition) is 1. The van der Waals surface area contributed by atoms with E-state index in [-0.39, 0.29) is 12.3 Å². The molecule has 2 aromatic rings. The first-order valence-corrected chi connectivity index (χ1v) is 11.7. The molecule has 2 aromatic carbocycles. The van der Waals surface area contributed by atoms with Crippen LogP contribution in [0.2, 0.25) is 0 Å². The van der Waals surface area contributed by atoms with Gasteiger partial charge >= 0.3 is 0 Å². The molecule has 0 atom stereocenters. The maximum absolute atomic E-state index is 12.7. The topological polar surface area (TPSA) is 66.5 Å². The van der Waals surface area contributed by atoms with Crippen LogP contribution in [0.5, 0.6) is 0 Å².